The molecule has 0 spiro atoms. The van der Waals surface area contributed by atoms with Crippen molar-refractivity contribution in [2.24, 2.45) is 0 Å². The number of benzene rings is 3. The average molecular weight is 558 g/mol. The fourth-order valence-electron chi connectivity index (χ4n) is 5.20. The van der Waals surface area contributed by atoms with E-state index in [4.69, 9.17) is 4.74 Å². The number of nitrogens with zero attached hydrogens (tertiary/aromatic N) is 3. The molecule has 4 aromatic rings. The van der Waals surface area contributed by atoms with Gasteiger partial charge in [-0.1, -0.05) is 24.3 Å². The number of methoxy groups -OCH3 is 1. The molecule has 0 aliphatic carbocycles. The maximum Gasteiger partial charge on any atom is 0.270 e. The van der Waals surface area contributed by atoms with Crippen LogP contribution in [0.25, 0.3) is 22.4 Å². The van der Waals surface area contributed by atoms with Gasteiger partial charge in [0.2, 0.25) is 5.91 Å². The summed E-state index contributed by atoms with van der Waals surface area (Å²) < 4.78 is 5.15. The van der Waals surface area contributed by atoms with Gasteiger partial charge in [0, 0.05) is 24.2 Å². The third kappa shape index (κ3) is 5.23. The number of rotatable bonds is 10. The van der Waals surface area contributed by atoms with Gasteiger partial charge in [-0.05, 0) is 69.1 Å². The number of carbonyl (C=O) groups is 2. The van der Waals surface area contributed by atoms with Crippen molar-refractivity contribution >= 4 is 28.5 Å². The molecule has 1 aromatic heterocycles. The summed E-state index contributed by atoms with van der Waals surface area (Å²) in [6, 6.07) is 14.9. The van der Waals surface area contributed by atoms with E-state index in [-0.39, 0.29) is 23.9 Å². The Kier molecular flexibility index (Phi) is 7.46. The monoisotopic (exact) mass is 557 g/mol. The topological polar surface area (TPSA) is 151 Å². The molecular formula is C30H31N5O6. The predicted molar refractivity (Wildman–Crippen MR) is 153 cm³/mol. The number of imide groups is 1. The molecule has 11 nitrogen and oxygen atoms in total. The third-order valence-corrected chi connectivity index (χ3v) is 7.47. The molecular weight excluding hydrogens is 526 g/mol. The van der Waals surface area contributed by atoms with Gasteiger partial charge in [0.25, 0.3) is 11.6 Å². The molecule has 11 heteroatoms. The lowest BCUT2D eigenvalue weighted by Gasteiger charge is -2.37. The van der Waals surface area contributed by atoms with Crippen LogP contribution in [0.4, 0.5) is 5.69 Å². The van der Waals surface area contributed by atoms with Gasteiger partial charge in [0.1, 0.15) is 11.3 Å². The number of non-ortho nitro benzene ring substituents is 1. The Bertz CT molecular complexity index is 1660. The van der Waals surface area contributed by atoms with Crippen molar-refractivity contribution in [3.63, 3.8) is 0 Å². The molecule has 1 aliphatic rings. The highest BCUT2D eigenvalue weighted by Gasteiger charge is 2.45. The second-order valence-electron chi connectivity index (χ2n) is 10.5. The molecule has 0 fully saturated rings. The van der Waals surface area contributed by atoms with Gasteiger partial charge in [-0.3, -0.25) is 24.6 Å². The minimum absolute atomic E-state index is 0.0598. The van der Waals surface area contributed by atoms with E-state index in [1.165, 1.54) is 24.1 Å². The summed E-state index contributed by atoms with van der Waals surface area (Å²) in [6.45, 7) is 5.14. The summed E-state index contributed by atoms with van der Waals surface area (Å²) in [5.41, 5.74) is 2.56. The molecule has 0 bridgehead atoms. The zero-order valence-corrected chi connectivity index (χ0v) is 23.1. The Hall–Kier alpha value is -4.77. The van der Waals surface area contributed by atoms with Gasteiger partial charge in [-0.25, -0.2) is 4.98 Å². The van der Waals surface area contributed by atoms with Crippen LogP contribution in [0, 0.1) is 10.1 Å². The van der Waals surface area contributed by atoms with E-state index in [0.717, 1.165) is 12.0 Å². The Labute approximate surface area is 236 Å². The molecule has 0 saturated carbocycles. The first-order chi connectivity index (χ1) is 19.6. The number of H-pyrrole nitrogens is 1. The van der Waals surface area contributed by atoms with Crippen molar-refractivity contribution in [2.75, 3.05) is 26.7 Å². The van der Waals surface area contributed by atoms with E-state index in [9.17, 15) is 24.8 Å². The Morgan fingerprint density at radius 1 is 1.12 bits per heavy atom. The van der Waals surface area contributed by atoms with E-state index in [2.05, 4.69) is 15.3 Å². The lowest BCUT2D eigenvalue weighted by atomic mass is 9.76. The van der Waals surface area contributed by atoms with Crippen molar-refractivity contribution in [3.8, 4) is 22.9 Å². The highest BCUT2D eigenvalue weighted by Crippen LogP contribution is 2.38. The van der Waals surface area contributed by atoms with E-state index in [0.29, 0.717) is 58.8 Å². The molecule has 0 radical (unpaired) electrons. The largest absolute Gasteiger partial charge is 0.504 e. The number of aromatic hydroxyl groups is 1. The number of nitro groups is 1. The fourth-order valence-corrected chi connectivity index (χ4v) is 5.20. The summed E-state index contributed by atoms with van der Waals surface area (Å²) in [4.78, 5) is 47.1. The summed E-state index contributed by atoms with van der Waals surface area (Å²) in [7, 11) is 1.51. The van der Waals surface area contributed by atoms with E-state index in [1.807, 2.05) is 6.07 Å². The number of nitrogens with one attached hydrogen (secondary N) is 2. The lowest BCUT2D eigenvalue weighted by Crippen LogP contribution is -2.52. The Balaban J connectivity index is 1.31. The number of nitro benzene ring substituents is 1. The maximum atomic E-state index is 13.7. The van der Waals surface area contributed by atoms with Crippen molar-refractivity contribution < 1.29 is 24.4 Å². The van der Waals surface area contributed by atoms with Gasteiger partial charge < -0.3 is 20.1 Å². The quantitative estimate of drug-likeness (QED) is 0.113. The summed E-state index contributed by atoms with van der Waals surface area (Å²) >= 11 is 0. The molecule has 0 atom stereocenters. The van der Waals surface area contributed by atoms with E-state index >= 15 is 0 Å². The van der Waals surface area contributed by atoms with Crippen LogP contribution in [-0.4, -0.2) is 63.5 Å². The number of carbonyl (C=O) groups excluding carboxylic acids is 2. The van der Waals surface area contributed by atoms with Gasteiger partial charge in [0.15, 0.2) is 11.5 Å². The highest BCUT2D eigenvalue weighted by atomic mass is 16.6. The number of hydrogen-bond acceptors (Lipinski definition) is 8. The van der Waals surface area contributed by atoms with Gasteiger partial charge >= 0.3 is 0 Å². The smallest absolute Gasteiger partial charge is 0.270 e. The molecule has 1 aliphatic heterocycles. The van der Waals surface area contributed by atoms with Crippen LogP contribution in [0.1, 0.15) is 41.8 Å². The second kappa shape index (κ2) is 11.0. The van der Waals surface area contributed by atoms with Crippen LogP contribution >= 0.6 is 0 Å². The standard InChI is InChI=1S/C30H31N5O6/c1-30(2)21-9-10-22-26(33-27(32-22)19-6-4-7-20(17-19)35(39)40)25(21)28(37)34(29(30)38)15-5-13-31-14-12-18-8-11-23(36)24(16-18)41-3/h4,6-11,16-17,31,36H,5,12-15H2,1-3H3,(H,32,33). The third-order valence-electron chi connectivity index (χ3n) is 7.47. The van der Waals surface area contributed by atoms with Gasteiger partial charge in [-0.15, -0.1) is 0 Å². The van der Waals surface area contributed by atoms with Crippen LogP contribution < -0.4 is 10.1 Å². The minimum Gasteiger partial charge on any atom is -0.504 e. The SMILES string of the molecule is COc1cc(CCNCCCN2C(=O)c3c(ccc4[nH]c(-c5cccc([N+](=O)[O-])c5)nc34)C(C)(C)C2=O)ccc1O. The molecule has 0 saturated heterocycles. The van der Waals surface area contributed by atoms with Crippen LogP contribution in [0.5, 0.6) is 11.5 Å². The first-order valence-corrected chi connectivity index (χ1v) is 13.3. The van der Waals surface area contributed by atoms with Crippen LogP contribution in [-0.2, 0) is 16.6 Å². The second-order valence-corrected chi connectivity index (χ2v) is 10.5. The number of aromatic amines is 1. The minimum atomic E-state index is -0.937. The summed E-state index contributed by atoms with van der Waals surface area (Å²) in [5.74, 6) is 0.262. The molecule has 3 aromatic carbocycles. The fraction of sp³-hybridized carbons (Fsp3) is 0.300. The van der Waals surface area contributed by atoms with Crippen LogP contribution in [0.3, 0.4) is 0 Å². The Morgan fingerprint density at radius 2 is 1.93 bits per heavy atom. The first kappa shape index (κ1) is 27.8. The summed E-state index contributed by atoms with van der Waals surface area (Å²) in [5, 5.41) is 24.3. The van der Waals surface area contributed by atoms with Crippen molar-refractivity contribution in [3.05, 3.63) is 81.4 Å². The van der Waals surface area contributed by atoms with Crippen molar-refractivity contribution in [2.45, 2.75) is 32.1 Å². The number of phenolic OH excluding ortho intramolecular Hbond substituents is 1. The molecule has 3 N–H and O–H groups in total. The predicted octanol–water partition coefficient (Wildman–Crippen LogP) is 4.33. The number of ether oxygens (including phenoxy) is 1. The van der Waals surface area contributed by atoms with Crippen molar-refractivity contribution in [1.29, 1.82) is 0 Å². The van der Waals surface area contributed by atoms with Crippen molar-refractivity contribution in [1.82, 2.24) is 20.2 Å². The number of hydrogen-bond donors (Lipinski definition) is 3. The molecule has 2 heterocycles. The van der Waals surface area contributed by atoms with Crippen LogP contribution in [0.15, 0.2) is 54.6 Å². The van der Waals surface area contributed by atoms with Gasteiger partial charge in [-0.2, -0.15) is 0 Å². The highest BCUT2D eigenvalue weighted by molar-refractivity contribution is 6.18. The summed E-state index contributed by atoms with van der Waals surface area (Å²) in [6.07, 6.45) is 1.29. The lowest BCUT2D eigenvalue weighted by molar-refractivity contribution is -0.384. The molecule has 2 amide bonds. The van der Waals surface area contributed by atoms with Crippen LogP contribution in [0.2, 0.25) is 0 Å². The van der Waals surface area contributed by atoms with Gasteiger partial charge in [0.05, 0.1) is 28.5 Å². The van der Waals surface area contributed by atoms with E-state index < -0.39 is 16.2 Å². The number of imidazole rings is 1. The number of phenols is 1. The molecule has 41 heavy (non-hydrogen) atoms. The number of fused-ring (bicyclic) bond motifs is 3. The number of amides is 2. The molecule has 0 unspecified atom stereocenters. The van der Waals surface area contributed by atoms with E-state index in [1.54, 1.807) is 50.2 Å². The normalized spacial score (nSPS) is 14.4. The first-order valence-electron chi connectivity index (χ1n) is 13.3. The maximum absolute atomic E-state index is 13.7. The Morgan fingerprint density at radius 3 is 2.68 bits per heavy atom. The zero-order chi connectivity index (χ0) is 29.3. The molecule has 212 valence electrons. The average Bonchev–Trinajstić information content (AvgIpc) is 3.40. The number of aromatic nitrogens is 2. The molecule has 5 rings (SSSR count). The zero-order valence-electron chi connectivity index (χ0n) is 23.1.